The first-order valence-electron chi connectivity index (χ1n) is 9.52. The maximum atomic E-state index is 12.6. The van der Waals surface area contributed by atoms with Gasteiger partial charge in [0.2, 0.25) is 0 Å². The van der Waals surface area contributed by atoms with Gasteiger partial charge in [0.1, 0.15) is 12.4 Å². The van der Waals surface area contributed by atoms with E-state index in [-0.39, 0.29) is 17.6 Å². The fourth-order valence-corrected chi connectivity index (χ4v) is 2.74. The normalized spacial score (nSPS) is 11.2. The molecule has 1 aromatic carbocycles. The van der Waals surface area contributed by atoms with Gasteiger partial charge in [0.05, 0.1) is 30.1 Å². The lowest BCUT2D eigenvalue weighted by atomic mass is 9.99. The Balaban J connectivity index is 1.75. The number of methoxy groups -OCH3 is 1. The molecule has 2 heterocycles. The lowest BCUT2D eigenvalue weighted by Crippen LogP contribution is -2.18. The van der Waals surface area contributed by atoms with Crippen LogP contribution in [-0.4, -0.2) is 23.3 Å². The number of halogens is 1. The molecule has 0 radical (unpaired) electrons. The van der Waals surface area contributed by atoms with Crippen molar-refractivity contribution in [1.82, 2.24) is 9.55 Å². The van der Waals surface area contributed by atoms with Crippen molar-refractivity contribution in [2.75, 3.05) is 13.7 Å². The maximum absolute atomic E-state index is 12.6. The number of rotatable bonds is 7. The van der Waals surface area contributed by atoms with Crippen LogP contribution in [-0.2, 0) is 6.61 Å². The molecule has 158 valence electrons. The molecule has 0 aliphatic heterocycles. The van der Waals surface area contributed by atoms with Crippen LogP contribution in [0.3, 0.4) is 0 Å². The average molecular weight is 429 g/mol. The maximum Gasteiger partial charge on any atom is 0.258 e. The van der Waals surface area contributed by atoms with Crippen LogP contribution >= 0.6 is 11.6 Å². The predicted molar refractivity (Wildman–Crippen MR) is 117 cm³/mol. The van der Waals surface area contributed by atoms with Crippen LogP contribution in [0.15, 0.2) is 59.7 Å². The van der Waals surface area contributed by atoms with Gasteiger partial charge in [-0.3, -0.25) is 14.3 Å². The van der Waals surface area contributed by atoms with E-state index in [1.807, 2.05) is 12.1 Å². The van der Waals surface area contributed by atoms with Gasteiger partial charge < -0.3 is 14.2 Å². The van der Waals surface area contributed by atoms with Gasteiger partial charge in [-0.1, -0.05) is 32.4 Å². The molecule has 0 fully saturated rings. The first-order valence-corrected chi connectivity index (χ1v) is 9.90. The van der Waals surface area contributed by atoms with Crippen molar-refractivity contribution in [2.45, 2.75) is 27.4 Å². The van der Waals surface area contributed by atoms with Crippen molar-refractivity contribution in [3.05, 3.63) is 75.9 Å². The third-order valence-corrected chi connectivity index (χ3v) is 4.38. The molecule has 0 unspecified atom stereocenters. The van der Waals surface area contributed by atoms with Gasteiger partial charge in [0.25, 0.3) is 5.56 Å². The second-order valence-corrected chi connectivity index (χ2v) is 8.45. The largest absolute Gasteiger partial charge is 0.493 e. The molecular formula is C23H25ClN2O4. The van der Waals surface area contributed by atoms with E-state index in [0.29, 0.717) is 34.6 Å². The summed E-state index contributed by atoms with van der Waals surface area (Å²) in [5, 5.41) is 0.562. The molecule has 6 nitrogen and oxygen atoms in total. The first-order chi connectivity index (χ1) is 14.2. The quantitative estimate of drug-likeness (QED) is 0.535. The van der Waals surface area contributed by atoms with E-state index in [9.17, 15) is 4.79 Å². The third kappa shape index (κ3) is 5.76. The molecule has 2 aromatic heterocycles. The Morgan fingerprint density at radius 3 is 2.47 bits per heavy atom. The molecule has 0 saturated carbocycles. The Bertz CT molecular complexity index is 1060. The van der Waals surface area contributed by atoms with E-state index in [0.717, 1.165) is 5.69 Å². The number of hydrogen-bond acceptors (Lipinski definition) is 5. The summed E-state index contributed by atoms with van der Waals surface area (Å²) in [5.74, 6) is 1.67. The number of ether oxygens (including phenoxy) is 3. The predicted octanol–water partition coefficient (Wildman–Crippen LogP) is 4.90. The van der Waals surface area contributed by atoms with Gasteiger partial charge in [-0.2, -0.15) is 0 Å². The lowest BCUT2D eigenvalue weighted by Gasteiger charge is -2.20. The molecule has 0 atom stereocenters. The van der Waals surface area contributed by atoms with Crippen LogP contribution in [0, 0.1) is 5.41 Å². The number of hydrogen-bond donors (Lipinski definition) is 0. The Morgan fingerprint density at radius 2 is 1.83 bits per heavy atom. The van der Waals surface area contributed by atoms with E-state index < -0.39 is 0 Å². The van der Waals surface area contributed by atoms with Crippen molar-refractivity contribution < 1.29 is 14.2 Å². The molecule has 3 aromatic rings. The standard InChI is InChI=1S/C23H25ClN2O4/c1-23(2,3)15-30-20-8-7-18(11-21(20)28-4)26-10-9-19(12-22(26)27)29-14-17-6-5-16(24)13-25-17/h5-13H,14-15H2,1-4H3. The summed E-state index contributed by atoms with van der Waals surface area (Å²) in [6.07, 6.45) is 3.22. The SMILES string of the molecule is COc1cc(-n2ccc(OCc3ccc(Cl)cn3)cc2=O)ccc1OCC(C)(C)C. The van der Waals surface area contributed by atoms with Gasteiger partial charge in [0, 0.05) is 24.5 Å². The first kappa shape index (κ1) is 21.7. The fourth-order valence-electron chi connectivity index (χ4n) is 2.63. The summed E-state index contributed by atoms with van der Waals surface area (Å²) < 4.78 is 18.5. The summed E-state index contributed by atoms with van der Waals surface area (Å²) >= 11 is 5.83. The second-order valence-electron chi connectivity index (χ2n) is 8.01. The topological polar surface area (TPSA) is 62.6 Å². The highest BCUT2D eigenvalue weighted by Crippen LogP contribution is 2.30. The minimum atomic E-state index is -0.220. The molecule has 30 heavy (non-hydrogen) atoms. The van der Waals surface area contributed by atoms with Crippen LogP contribution in [0.1, 0.15) is 26.5 Å². The summed E-state index contributed by atoms with van der Waals surface area (Å²) in [6.45, 7) is 7.09. The highest BCUT2D eigenvalue weighted by molar-refractivity contribution is 6.30. The number of aromatic nitrogens is 2. The molecule has 0 spiro atoms. The third-order valence-electron chi connectivity index (χ3n) is 4.15. The minimum Gasteiger partial charge on any atom is -0.493 e. The summed E-state index contributed by atoms with van der Waals surface area (Å²) in [7, 11) is 1.58. The zero-order valence-electron chi connectivity index (χ0n) is 17.5. The molecule has 0 saturated heterocycles. The Kier molecular flexibility index (Phi) is 6.67. The average Bonchev–Trinajstić information content (AvgIpc) is 2.71. The van der Waals surface area contributed by atoms with Crippen molar-refractivity contribution >= 4 is 11.6 Å². The Morgan fingerprint density at radius 1 is 1.03 bits per heavy atom. The van der Waals surface area contributed by atoms with Gasteiger partial charge in [0.15, 0.2) is 11.5 Å². The molecule has 0 aliphatic carbocycles. The zero-order valence-corrected chi connectivity index (χ0v) is 18.3. The molecule has 0 amide bonds. The molecular weight excluding hydrogens is 404 g/mol. The highest BCUT2D eigenvalue weighted by atomic mass is 35.5. The van der Waals surface area contributed by atoms with E-state index >= 15 is 0 Å². The van der Waals surface area contributed by atoms with Crippen molar-refractivity contribution in [3.8, 4) is 22.9 Å². The molecule has 3 rings (SSSR count). The Labute approximate surface area is 181 Å². The molecule has 7 heteroatoms. The van der Waals surface area contributed by atoms with Crippen LogP contribution in [0.5, 0.6) is 17.2 Å². The number of pyridine rings is 2. The van der Waals surface area contributed by atoms with Gasteiger partial charge in [-0.25, -0.2) is 0 Å². The van der Waals surface area contributed by atoms with E-state index in [2.05, 4.69) is 25.8 Å². The zero-order chi connectivity index (χ0) is 21.7. The van der Waals surface area contributed by atoms with Gasteiger partial charge >= 0.3 is 0 Å². The van der Waals surface area contributed by atoms with Crippen molar-refractivity contribution in [3.63, 3.8) is 0 Å². The fraction of sp³-hybridized carbons (Fsp3) is 0.304. The smallest absolute Gasteiger partial charge is 0.258 e. The van der Waals surface area contributed by atoms with E-state index in [1.165, 1.54) is 10.6 Å². The van der Waals surface area contributed by atoms with Crippen LogP contribution in [0.25, 0.3) is 5.69 Å². The summed E-state index contributed by atoms with van der Waals surface area (Å²) in [6, 6.07) is 12.1. The summed E-state index contributed by atoms with van der Waals surface area (Å²) in [5.41, 5.74) is 1.20. The number of benzene rings is 1. The molecule has 0 N–H and O–H groups in total. The van der Waals surface area contributed by atoms with Gasteiger partial charge in [-0.15, -0.1) is 0 Å². The second kappa shape index (κ2) is 9.22. The monoisotopic (exact) mass is 428 g/mol. The number of nitrogens with zero attached hydrogens (tertiary/aromatic N) is 2. The lowest BCUT2D eigenvalue weighted by molar-refractivity contribution is 0.191. The van der Waals surface area contributed by atoms with Crippen molar-refractivity contribution in [1.29, 1.82) is 0 Å². The van der Waals surface area contributed by atoms with Crippen LogP contribution < -0.4 is 19.8 Å². The highest BCUT2D eigenvalue weighted by Gasteiger charge is 2.14. The van der Waals surface area contributed by atoms with Gasteiger partial charge in [-0.05, 0) is 35.7 Å². The van der Waals surface area contributed by atoms with E-state index in [1.54, 1.807) is 43.8 Å². The van der Waals surface area contributed by atoms with Crippen LogP contribution in [0.2, 0.25) is 5.02 Å². The van der Waals surface area contributed by atoms with Crippen molar-refractivity contribution in [2.24, 2.45) is 5.41 Å². The molecule has 0 aliphatic rings. The van der Waals surface area contributed by atoms with E-state index in [4.69, 9.17) is 25.8 Å². The summed E-state index contributed by atoms with van der Waals surface area (Å²) in [4.78, 5) is 16.8. The Hall–Kier alpha value is -2.99. The minimum absolute atomic E-state index is 0.0258. The molecule has 0 bridgehead atoms. The van der Waals surface area contributed by atoms with Crippen LogP contribution in [0.4, 0.5) is 0 Å².